The Balaban J connectivity index is 1.91. The smallest absolute Gasteiger partial charge is 0.227 e. The number of rotatable bonds is 3. The number of nitrogens with one attached hydrogen (secondary N) is 1. The lowest BCUT2D eigenvalue weighted by molar-refractivity contribution is -0.132. The van der Waals surface area contributed by atoms with E-state index in [-0.39, 0.29) is 5.91 Å². The van der Waals surface area contributed by atoms with E-state index in [2.05, 4.69) is 10.3 Å². The molecule has 1 fully saturated rings. The van der Waals surface area contributed by atoms with Gasteiger partial charge in [-0.3, -0.25) is 9.78 Å². The van der Waals surface area contributed by atoms with Crippen molar-refractivity contribution in [1.82, 2.24) is 15.2 Å². The average molecular weight is 205 g/mol. The summed E-state index contributed by atoms with van der Waals surface area (Å²) in [5.74, 6) is 0.162. The molecule has 0 unspecified atom stereocenters. The minimum absolute atomic E-state index is 0.162. The molecule has 0 atom stereocenters. The summed E-state index contributed by atoms with van der Waals surface area (Å²) in [4.78, 5) is 17.6. The number of aromatic nitrogens is 1. The van der Waals surface area contributed by atoms with Crippen molar-refractivity contribution in [3.63, 3.8) is 0 Å². The number of likely N-dealkylation sites (N-methyl/N-ethyl adjacent to an activating group) is 1. The molecule has 0 radical (unpaired) electrons. The molecule has 0 aliphatic carbocycles. The van der Waals surface area contributed by atoms with Gasteiger partial charge in [0.05, 0.1) is 12.5 Å². The van der Waals surface area contributed by atoms with E-state index in [0.29, 0.717) is 12.5 Å². The van der Waals surface area contributed by atoms with Crippen LogP contribution in [0.5, 0.6) is 0 Å². The van der Waals surface area contributed by atoms with Crippen molar-refractivity contribution < 1.29 is 4.79 Å². The van der Waals surface area contributed by atoms with Crippen LogP contribution in [0.3, 0.4) is 0 Å². The Morgan fingerprint density at radius 3 is 3.00 bits per heavy atom. The molecule has 1 aromatic heterocycles. The zero-order valence-corrected chi connectivity index (χ0v) is 8.81. The molecule has 1 saturated heterocycles. The van der Waals surface area contributed by atoms with E-state index < -0.39 is 0 Å². The molecule has 1 aliphatic heterocycles. The van der Waals surface area contributed by atoms with E-state index in [1.807, 2.05) is 24.1 Å². The fourth-order valence-corrected chi connectivity index (χ4v) is 1.55. The van der Waals surface area contributed by atoms with Crippen LogP contribution in [-0.2, 0) is 11.2 Å². The zero-order chi connectivity index (χ0) is 10.7. The predicted molar refractivity (Wildman–Crippen MR) is 57.4 cm³/mol. The molecule has 1 aliphatic rings. The number of pyridine rings is 1. The summed E-state index contributed by atoms with van der Waals surface area (Å²) < 4.78 is 0. The van der Waals surface area contributed by atoms with Crippen molar-refractivity contribution in [1.29, 1.82) is 0 Å². The summed E-state index contributed by atoms with van der Waals surface area (Å²) in [5.41, 5.74) is 0.974. The van der Waals surface area contributed by atoms with Gasteiger partial charge in [-0.25, -0.2) is 0 Å². The van der Waals surface area contributed by atoms with E-state index in [1.165, 1.54) is 0 Å². The Morgan fingerprint density at radius 1 is 1.67 bits per heavy atom. The number of hydrogen-bond acceptors (Lipinski definition) is 3. The second kappa shape index (κ2) is 4.40. The molecule has 1 aromatic rings. The highest BCUT2D eigenvalue weighted by Gasteiger charge is 2.24. The lowest BCUT2D eigenvalue weighted by Crippen LogP contribution is -2.57. The van der Waals surface area contributed by atoms with Crippen molar-refractivity contribution >= 4 is 5.91 Å². The Hall–Kier alpha value is -1.42. The molecular weight excluding hydrogens is 190 g/mol. The maximum absolute atomic E-state index is 11.8. The number of nitrogens with zero attached hydrogens (tertiary/aromatic N) is 2. The third-order valence-electron chi connectivity index (χ3n) is 2.78. The maximum Gasteiger partial charge on any atom is 0.227 e. The molecule has 2 rings (SSSR count). The van der Waals surface area contributed by atoms with E-state index in [1.54, 1.807) is 12.4 Å². The van der Waals surface area contributed by atoms with Gasteiger partial charge in [-0.1, -0.05) is 6.07 Å². The summed E-state index contributed by atoms with van der Waals surface area (Å²) in [7, 11) is 1.87. The van der Waals surface area contributed by atoms with Crippen LogP contribution in [0.1, 0.15) is 5.56 Å². The lowest BCUT2D eigenvalue weighted by Gasteiger charge is -2.35. The van der Waals surface area contributed by atoms with E-state index in [4.69, 9.17) is 0 Å². The normalized spacial score (nSPS) is 15.8. The fourth-order valence-electron chi connectivity index (χ4n) is 1.55. The summed E-state index contributed by atoms with van der Waals surface area (Å²) in [6.45, 7) is 1.82. The molecule has 1 N–H and O–H groups in total. The van der Waals surface area contributed by atoms with Gasteiger partial charge in [0.15, 0.2) is 0 Å². The molecule has 15 heavy (non-hydrogen) atoms. The van der Waals surface area contributed by atoms with Gasteiger partial charge in [-0.15, -0.1) is 0 Å². The standard InChI is InChI=1S/C11H15N3O/c1-14(10-7-13-8-10)11(15)5-9-3-2-4-12-6-9/h2-4,6,10,13H,5,7-8H2,1H3. The van der Waals surface area contributed by atoms with Crippen molar-refractivity contribution in [3.05, 3.63) is 30.1 Å². The van der Waals surface area contributed by atoms with Gasteiger partial charge >= 0.3 is 0 Å². The predicted octanol–water partition coefficient (Wildman–Crippen LogP) is 0.0543. The quantitative estimate of drug-likeness (QED) is 0.758. The molecule has 4 heteroatoms. The summed E-state index contributed by atoms with van der Waals surface area (Å²) >= 11 is 0. The van der Waals surface area contributed by atoms with Crippen LogP contribution in [0.4, 0.5) is 0 Å². The van der Waals surface area contributed by atoms with E-state index in [9.17, 15) is 4.79 Å². The Morgan fingerprint density at radius 2 is 2.47 bits per heavy atom. The minimum Gasteiger partial charge on any atom is -0.340 e. The van der Waals surface area contributed by atoms with Gasteiger partial charge in [0.2, 0.25) is 5.91 Å². The molecule has 1 amide bonds. The SMILES string of the molecule is CN(C(=O)Cc1cccnc1)C1CNC1. The van der Waals surface area contributed by atoms with Crippen LogP contribution >= 0.6 is 0 Å². The third-order valence-corrected chi connectivity index (χ3v) is 2.78. The van der Waals surface area contributed by atoms with Crippen LogP contribution < -0.4 is 5.32 Å². The summed E-state index contributed by atoms with van der Waals surface area (Å²) in [5, 5.41) is 3.15. The monoisotopic (exact) mass is 205 g/mol. The minimum atomic E-state index is 0.162. The van der Waals surface area contributed by atoms with Crippen LogP contribution in [0.2, 0.25) is 0 Å². The highest BCUT2D eigenvalue weighted by atomic mass is 16.2. The fraction of sp³-hybridized carbons (Fsp3) is 0.455. The Bertz CT molecular complexity index is 335. The van der Waals surface area contributed by atoms with Crippen molar-refractivity contribution in [3.8, 4) is 0 Å². The lowest BCUT2D eigenvalue weighted by atomic mass is 10.1. The molecule has 0 saturated carbocycles. The van der Waals surface area contributed by atoms with Crippen molar-refractivity contribution in [2.75, 3.05) is 20.1 Å². The molecule has 2 heterocycles. The van der Waals surface area contributed by atoms with Crippen LogP contribution in [-0.4, -0.2) is 42.0 Å². The number of hydrogen-bond donors (Lipinski definition) is 1. The largest absolute Gasteiger partial charge is 0.340 e. The van der Waals surface area contributed by atoms with E-state index in [0.717, 1.165) is 18.7 Å². The Kier molecular flexibility index (Phi) is 2.97. The average Bonchev–Trinajstić information content (AvgIpc) is 2.16. The molecule has 0 bridgehead atoms. The van der Waals surface area contributed by atoms with Gasteiger partial charge in [0.25, 0.3) is 0 Å². The first-order chi connectivity index (χ1) is 7.27. The molecule has 0 spiro atoms. The van der Waals surface area contributed by atoms with Crippen molar-refractivity contribution in [2.24, 2.45) is 0 Å². The molecule has 80 valence electrons. The molecule has 4 nitrogen and oxygen atoms in total. The zero-order valence-electron chi connectivity index (χ0n) is 8.81. The summed E-state index contributed by atoms with van der Waals surface area (Å²) in [6.07, 6.45) is 3.90. The van der Waals surface area contributed by atoms with Crippen LogP contribution in [0, 0.1) is 0 Å². The van der Waals surface area contributed by atoms with Crippen LogP contribution in [0.25, 0.3) is 0 Å². The van der Waals surface area contributed by atoms with Gasteiger partial charge in [0.1, 0.15) is 0 Å². The van der Waals surface area contributed by atoms with E-state index >= 15 is 0 Å². The van der Waals surface area contributed by atoms with Crippen molar-refractivity contribution in [2.45, 2.75) is 12.5 Å². The third kappa shape index (κ3) is 2.33. The van der Waals surface area contributed by atoms with Gasteiger partial charge < -0.3 is 10.2 Å². The first kappa shape index (κ1) is 10.1. The number of carbonyl (C=O) groups excluding carboxylic acids is 1. The van der Waals surface area contributed by atoms with Gasteiger partial charge in [0, 0.05) is 32.5 Å². The highest BCUT2D eigenvalue weighted by molar-refractivity contribution is 5.78. The first-order valence-corrected chi connectivity index (χ1v) is 5.12. The van der Waals surface area contributed by atoms with Crippen LogP contribution in [0.15, 0.2) is 24.5 Å². The molecular formula is C11H15N3O. The number of amides is 1. The Labute approximate surface area is 89.3 Å². The van der Waals surface area contributed by atoms with Gasteiger partial charge in [-0.2, -0.15) is 0 Å². The molecule has 0 aromatic carbocycles. The van der Waals surface area contributed by atoms with Gasteiger partial charge in [-0.05, 0) is 11.6 Å². The second-order valence-electron chi connectivity index (χ2n) is 3.85. The number of carbonyl (C=O) groups is 1. The topological polar surface area (TPSA) is 45.2 Å². The maximum atomic E-state index is 11.8. The highest BCUT2D eigenvalue weighted by Crippen LogP contribution is 2.06. The first-order valence-electron chi connectivity index (χ1n) is 5.12. The summed E-state index contributed by atoms with van der Waals surface area (Å²) in [6, 6.07) is 4.15. The second-order valence-corrected chi connectivity index (χ2v) is 3.85.